The number of anilines is 1. The zero-order valence-electron chi connectivity index (χ0n) is 9.15. The first kappa shape index (κ1) is 11.7. The Morgan fingerprint density at radius 3 is 2.67 bits per heavy atom. The second-order valence-electron chi connectivity index (χ2n) is 3.85. The van der Waals surface area contributed by atoms with E-state index in [0.29, 0.717) is 11.6 Å². The van der Waals surface area contributed by atoms with Crippen molar-refractivity contribution in [1.82, 2.24) is 4.98 Å². The van der Waals surface area contributed by atoms with Crippen LogP contribution in [0.5, 0.6) is 0 Å². The second kappa shape index (κ2) is 4.40. The third-order valence-corrected chi connectivity index (χ3v) is 3.90. The molecule has 2 N–H and O–H groups in total. The van der Waals surface area contributed by atoms with E-state index < -0.39 is 0 Å². The Balaban J connectivity index is 2.26. The first-order valence-electron chi connectivity index (χ1n) is 5.25. The number of hydrogen-bond donors (Lipinski definition) is 1. The summed E-state index contributed by atoms with van der Waals surface area (Å²) in [7, 11) is 0. The number of hydrogen-bond acceptors (Lipinski definition) is 3. The molecule has 1 heterocycles. The molecule has 3 aromatic rings. The van der Waals surface area contributed by atoms with Crippen molar-refractivity contribution in [2.24, 2.45) is 0 Å². The Morgan fingerprint density at radius 2 is 1.89 bits per heavy atom. The molecule has 1 aromatic heterocycles. The van der Waals surface area contributed by atoms with Gasteiger partial charge >= 0.3 is 0 Å². The van der Waals surface area contributed by atoms with Gasteiger partial charge < -0.3 is 10.2 Å². The summed E-state index contributed by atoms with van der Waals surface area (Å²) < 4.78 is 7.57. The van der Waals surface area contributed by atoms with Gasteiger partial charge in [0, 0.05) is 10.2 Å². The van der Waals surface area contributed by atoms with Crippen LogP contribution in [-0.4, -0.2) is 4.98 Å². The Labute approximate surface area is 120 Å². The minimum absolute atomic E-state index is 0.552. The van der Waals surface area contributed by atoms with Gasteiger partial charge in [0.1, 0.15) is 5.52 Å². The van der Waals surface area contributed by atoms with Gasteiger partial charge in [0.05, 0.1) is 10.0 Å². The number of rotatable bonds is 1. The Kier molecular flexibility index (Phi) is 2.87. The molecule has 0 fully saturated rings. The first-order chi connectivity index (χ1) is 8.65. The minimum Gasteiger partial charge on any atom is -0.435 e. The molecule has 0 saturated carbocycles. The maximum Gasteiger partial charge on any atom is 0.228 e. The summed E-state index contributed by atoms with van der Waals surface area (Å²) in [6.07, 6.45) is 0. The molecule has 0 radical (unpaired) electrons. The molecule has 0 amide bonds. The van der Waals surface area contributed by atoms with E-state index in [0.717, 1.165) is 25.6 Å². The van der Waals surface area contributed by atoms with Crippen molar-refractivity contribution >= 4 is 48.6 Å². The number of nitrogens with zero attached hydrogens (tertiary/aromatic N) is 1. The molecule has 5 heteroatoms. The molecule has 0 saturated heterocycles. The molecule has 0 spiro atoms. The Hall–Kier alpha value is -1.33. The third-order valence-electron chi connectivity index (χ3n) is 2.59. The highest BCUT2D eigenvalue weighted by molar-refractivity contribution is 9.11. The fourth-order valence-corrected chi connectivity index (χ4v) is 2.59. The van der Waals surface area contributed by atoms with Crippen molar-refractivity contribution in [2.75, 3.05) is 5.73 Å². The lowest BCUT2D eigenvalue weighted by Crippen LogP contribution is -1.86. The number of aromatic nitrogens is 1. The number of halogens is 2. The second-order valence-corrected chi connectivity index (χ2v) is 5.56. The topological polar surface area (TPSA) is 52.0 Å². The molecule has 90 valence electrons. The van der Waals surface area contributed by atoms with Gasteiger partial charge in [-0.05, 0) is 62.2 Å². The fraction of sp³-hybridized carbons (Fsp3) is 0. The van der Waals surface area contributed by atoms with Gasteiger partial charge in [-0.15, -0.1) is 0 Å². The summed E-state index contributed by atoms with van der Waals surface area (Å²) in [5.74, 6) is 0.552. The molecule has 0 atom stereocenters. The number of fused-ring (bicyclic) bond motifs is 1. The first-order valence-corrected chi connectivity index (χ1v) is 6.84. The van der Waals surface area contributed by atoms with Crippen LogP contribution in [0.1, 0.15) is 0 Å². The molecule has 3 nitrogen and oxygen atoms in total. The van der Waals surface area contributed by atoms with Gasteiger partial charge in [-0.25, -0.2) is 4.98 Å². The Bertz CT molecular complexity index is 737. The van der Waals surface area contributed by atoms with Crippen LogP contribution in [0.25, 0.3) is 22.6 Å². The van der Waals surface area contributed by atoms with E-state index in [4.69, 9.17) is 10.2 Å². The fourth-order valence-electron chi connectivity index (χ4n) is 1.74. The highest BCUT2D eigenvalue weighted by atomic mass is 79.9. The van der Waals surface area contributed by atoms with Crippen LogP contribution < -0.4 is 5.73 Å². The molecule has 0 unspecified atom stereocenters. The van der Waals surface area contributed by atoms with Crippen molar-refractivity contribution in [3.05, 3.63) is 45.3 Å². The summed E-state index contributed by atoms with van der Waals surface area (Å²) in [6, 6.07) is 11.3. The van der Waals surface area contributed by atoms with Crippen molar-refractivity contribution in [1.29, 1.82) is 0 Å². The van der Waals surface area contributed by atoms with E-state index in [1.165, 1.54) is 0 Å². The standard InChI is InChI=1S/C13H8Br2N2O/c14-9-5-4-7(16)6-8(9)13-17-11-3-1-2-10(15)12(11)18-13/h1-6H,16H2. The van der Waals surface area contributed by atoms with Gasteiger partial charge in [0.2, 0.25) is 5.89 Å². The number of para-hydroxylation sites is 1. The van der Waals surface area contributed by atoms with Crippen molar-refractivity contribution in [3.63, 3.8) is 0 Å². The van der Waals surface area contributed by atoms with Crippen LogP contribution in [-0.2, 0) is 0 Å². The van der Waals surface area contributed by atoms with Gasteiger partial charge in [-0.1, -0.05) is 6.07 Å². The third kappa shape index (κ3) is 1.93. The Morgan fingerprint density at radius 1 is 1.06 bits per heavy atom. The van der Waals surface area contributed by atoms with E-state index in [2.05, 4.69) is 36.8 Å². The molecular formula is C13H8Br2N2O. The quantitative estimate of drug-likeness (QED) is 0.639. The van der Waals surface area contributed by atoms with Gasteiger partial charge in [0.15, 0.2) is 5.58 Å². The lowest BCUT2D eigenvalue weighted by atomic mass is 10.2. The van der Waals surface area contributed by atoms with Crippen LogP contribution in [0.4, 0.5) is 5.69 Å². The van der Waals surface area contributed by atoms with Crippen LogP contribution in [0.3, 0.4) is 0 Å². The summed E-state index contributed by atoms with van der Waals surface area (Å²) in [6.45, 7) is 0. The predicted molar refractivity (Wildman–Crippen MR) is 79.3 cm³/mol. The monoisotopic (exact) mass is 366 g/mol. The van der Waals surface area contributed by atoms with Crippen LogP contribution >= 0.6 is 31.9 Å². The van der Waals surface area contributed by atoms with Crippen molar-refractivity contribution in [2.45, 2.75) is 0 Å². The molecular weight excluding hydrogens is 360 g/mol. The predicted octanol–water partition coefficient (Wildman–Crippen LogP) is 4.60. The van der Waals surface area contributed by atoms with Gasteiger partial charge in [-0.3, -0.25) is 0 Å². The average molecular weight is 368 g/mol. The lowest BCUT2D eigenvalue weighted by Gasteiger charge is -2.00. The highest BCUT2D eigenvalue weighted by Crippen LogP contribution is 2.33. The van der Waals surface area contributed by atoms with E-state index in [1.54, 1.807) is 0 Å². The lowest BCUT2D eigenvalue weighted by molar-refractivity contribution is 0.617. The summed E-state index contributed by atoms with van der Waals surface area (Å²) in [5.41, 5.74) is 8.86. The van der Waals surface area contributed by atoms with Crippen LogP contribution in [0.15, 0.2) is 49.8 Å². The van der Waals surface area contributed by atoms with Crippen LogP contribution in [0.2, 0.25) is 0 Å². The van der Waals surface area contributed by atoms with E-state index in [9.17, 15) is 0 Å². The zero-order valence-corrected chi connectivity index (χ0v) is 12.3. The molecule has 0 aliphatic heterocycles. The van der Waals surface area contributed by atoms with E-state index in [-0.39, 0.29) is 0 Å². The summed E-state index contributed by atoms with van der Waals surface area (Å²) >= 11 is 6.92. The SMILES string of the molecule is Nc1ccc(Br)c(-c2nc3cccc(Br)c3o2)c1. The molecule has 18 heavy (non-hydrogen) atoms. The maximum atomic E-state index is 5.79. The molecule has 3 rings (SSSR count). The molecule has 0 bridgehead atoms. The smallest absolute Gasteiger partial charge is 0.228 e. The summed E-state index contributed by atoms with van der Waals surface area (Å²) in [5, 5.41) is 0. The van der Waals surface area contributed by atoms with Gasteiger partial charge in [0.25, 0.3) is 0 Å². The normalized spacial score (nSPS) is 11.0. The number of nitrogens with two attached hydrogens (primary N) is 1. The molecule has 0 aliphatic rings. The number of benzene rings is 2. The summed E-state index contributed by atoms with van der Waals surface area (Å²) in [4.78, 5) is 4.46. The number of oxazole rings is 1. The number of nitrogen functional groups attached to an aromatic ring is 1. The maximum absolute atomic E-state index is 5.79. The molecule has 0 aliphatic carbocycles. The minimum atomic E-state index is 0.552. The average Bonchev–Trinajstić information content (AvgIpc) is 2.77. The van der Waals surface area contributed by atoms with Crippen LogP contribution in [0, 0.1) is 0 Å². The van der Waals surface area contributed by atoms with Gasteiger partial charge in [-0.2, -0.15) is 0 Å². The van der Waals surface area contributed by atoms with E-state index >= 15 is 0 Å². The van der Waals surface area contributed by atoms with Crippen molar-refractivity contribution < 1.29 is 4.42 Å². The largest absolute Gasteiger partial charge is 0.435 e. The van der Waals surface area contributed by atoms with Crippen molar-refractivity contribution in [3.8, 4) is 11.5 Å². The zero-order chi connectivity index (χ0) is 12.7. The highest BCUT2D eigenvalue weighted by Gasteiger charge is 2.13. The van der Waals surface area contributed by atoms with E-state index in [1.807, 2.05) is 36.4 Å². The molecule has 2 aromatic carbocycles.